The van der Waals surface area contributed by atoms with Gasteiger partial charge in [0.2, 0.25) is 11.8 Å². The Bertz CT molecular complexity index is 1640. The SMILES string of the molecule is O=C1CCC(N2Cc3cc(C4CCN(Cc5ccc6c(c5)C(=O)N(c5ccccc5)CC=C6)CC4)ccc3C2=O)C(=O)N1. The van der Waals surface area contributed by atoms with Crippen molar-refractivity contribution in [3.63, 3.8) is 0 Å². The number of amides is 4. The Morgan fingerprint density at radius 1 is 0.814 bits per heavy atom. The number of carbonyl (C=O) groups is 4. The summed E-state index contributed by atoms with van der Waals surface area (Å²) >= 11 is 0. The fourth-order valence-corrected chi connectivity index (χ4v) is 6.91. The number of imide groups is 1. The minimum Gasteiger partial charge on any atom is -0.322 e. The highest BCUT2D eigenvalue weighted by Crippen LogP contribution is 2.34. The minimum atomic E-state index is -0.593. The van der Waals surface area contributed by atoms with Gasteiger partial charge in [0.15, 0.2) is 0 Å². The first kappa shape index (κ1) is 27.3. The van der Waals surface area contributed by atoms with Gasteiger partial charge in [-0.1, -0.05) is 54.6 Å². The van der Waals surface area contributed by atoms with Crippen LogP contribution in [0.1, 0.15) is 74.6 Å². The summed E-state index contributed by atoms with van der Waals surface area (Å²) in [6.45, 7) is 3.64. The fraction of sp³-hybridized carbons (Fsp3) is 0.314. The summed E-state index contributed by atoms with van der Waals surface area (Å²) in [5, 5.41) is 2.37. The van der Waals surface area contributed by atoms with Gasteiger partial charge in [0.25, 0.3) is 11.8 Å². The van der Waals surface area contributed by atoms with Crippen molar-refractivity contribution >= 4 is 35.4 Å². The quantitative estimate of drug-likeness (QED) is 0.454. The Hall–Kier alpha value is -4.56. The lowest BCUT2D eigenvalue weighted by Crippen LogP contribution is -2.52. The molecule has 0 saturated carbocycles. The molecule has 0 bridgehead atoms. The van der Waals surface area contributed by atoms with Crippen LogP contribution in [0, 0.1) is 0 Å². The fourth-order valence-electron chi connectivity index (χ4n) is 6.91. The van der Waals surface area contributed by atoms with Gasteiger partial charge in [0.1, 0.15) is 6.04 Å². The monoisotopic (exact) mass is 574 g/mol. The van der Waals surface area contributed by atoms with Crippen molar-refractivity contribution in [2.45, 2.75) is 50.7 Å². The van der Waals surface area contributed by atoms with Crippen molar-refractivity contribution in [3.8, 4) is 0 Å². The molecule has 1 atom stereocenters. The molecule has 1 N–H and O–H groups in total. The number of rotatable bonds is 5. The average Bonchev–Trinajstić information content (AvgIpc) is 3.25. The molecule has 2 fully saturated rings. The van der Waals surface area contributed by atoms with Crippen LogP contribution in [0.3, 0.4) is 0 Å². The van der Waals surface area contributed by atoms with Gasteiger partial charge in [-0.05, 0) is 84.8 Å². The number of anilines is 1. The minimum absolute atomic E-state index is 0.0259. The van der Waals surface area contributed by atoms with Crippen LogP contribution in [0.15, 0.2) is 72.8 Å². The highest BCUT2D eigenvalue weighted by molar-refractivity contribution is 6.09. The predicted octanol–water partition coefficient (Wildman–Crippen LogP) is 4.50. The van der Waals surface area contributed by atoms with Gasteiger partial charge in [0, 0.05) is 42.9 Å². The van der Waals surface area contributed by atoms with E-state index in [1.54, 1.807) is 4.90 Å². The molecule has 4 amide bonds. The summed E-state index contributed by atoms with van der Waals surface area (Å²) in [5.74, 6) is -0.361. The van der Waals surface area contributed by atoms with E-state index in [0.29, 0.717) is 31.0 Å². The number of carbonyl (C=O) groups excluding carboxylic acids is 4. The number of benzene rings is 3. The van der Waals surface area contributed by atoms with Crippen LogP contribution in [0.2, 0.25) is 0 Å². The number of hydrogen-bond donors (Lipinski definition) is 1. The van der Waals surface area contributed by atoms with E-state index in [2.05, 4.69) is 40.5 Å². The molecule has 1 unspecified atom stereocenters. The standard InChI is InChI=1S/C35H34N4O4/c40-32-13-12-31(33(41)36-32)39-22-27-20-26(10-11-29(27)34(39)42)24-14-17-37(18-15-24)21-23-8-9-25-5-4-16-38(35(43)30(25)19-23)28-6-2-1-3-7-28/h1-11,19-20,24,31H,12-18,21-22H2,(H,36,40,41). The zero-order valence-corrected chi connectivity index (χ0v) is 24.0. The van der Waals surface area contributed by atoms with Crippen LogP contribution in [0.5, 0.6) is 0 Å². The Balaban J connectivity index is 0.993. The highest BCUT2D eigenvalue weighted by Gasteiger charge is 2.39. The Morgan fingerprint density at radius 2 is 1.63 bits per heavy atom. The summed E-state index contributed by atoms with van der Waals surface area (Å²) in [6, 6.07) is 21.6. The van der Waals surface area contributed by atoms with Crippen LogP contribution >= 0.6 is 0 Å². The van der Waals surface area contributed by atoms with Crippen molar-refractivity contribution in [3.05, 3.63) is 106 Å². The molecule has 4 heterocycles. The van der Waals surface area contributed by atoms with Crippen LogP contribution in [0.4, 0.5) is 5.69 Å². The molecule has 0 aliphatic carbocycles. The number of likely N-dealkylation sites (tertiary alicyclic amines) is 1. The summed E-state index contributed by atoms with van der Waals surface area (Å²) < 4.78 is 0. The lowest BCUT2D eigenvalue weighted by atomic mass is 9.87. The molecule has 0 spiro atoms. The van der Waals surface area contributed by atoms with Gasteiger partial charge in [-0.3, -0.25) is 29.4 Å². The van der Waals surface area contributed by atoms with Crippen LogP contribution in [-0.2, 0) is 22.7 Å². The first-order chi connectivity index (χ1) is 20.9. The number of nitrogens with one attached hydrogen (secondary N) is 1. The molecule has 2 saturated heterocycles. The van der Waals surface area contributed by atoms with Crippen LogP contribution in [-0.4, -0.2) is 59.1 Å². The van der Waals surface area contributed by atoms with E-state index in [1.165, 1.54) is 5.56 Å². The lowest BCUT2D eigenvalue weighted by Gasteiger charge is -2.32. The van der Waals surface area contributed by atoms with Gasteiger partial charge in [-0.2, -0.15) is 0 Å². The van der Waals surface area contributed by atoms with Crippen LogP contribution < -0.4 is 10.2 Å². The third-order valence-electron chi connectivity index (χ3n) is 9.26. The predicted molar refractivity (Wildman–Crippen MR) is 163 cm³/mol. The maximum Gasteiger partial charge on any atom is 0.259 e. The van der Waals surface area contributed by atoms with E-state index >= 15 is 0 Å². The highest BCUT2D eigenvalue weighted by atomic mass is 16.2. The van der Waals surface area contributed by atoms with E-state index in [-0.39, 0.29) is 30.0 Å². The van der Waals surface area contributed by atoms with Gasteiger partial charge >= 0.3 is 0 Å². The number of fused-ring (bicyclic) bond motifs is 2. The van der Waals surface area contributed by atoms with E-state index in [9.17, 15) is 19.2 Å². The summed E-state index contributed by atoms with van der Waals surface area (Å²) in [6.07, 6.45) is 6.74. The first-order valence-corrected chi connectivity index (χ1v) is 15.1. The smallest absolute Gasteiger partial charge is 0.259 e. The Labute approximate surface area is 251 Å². The van der Waals surface area contributed by atoms with Crippen molar-refractivity contribution in [1.82, 2.24) is 15.1 Å². The van der Waals surface area contributed by atoms with Crippen LogP contribution in [0.25, 0.3) is 6.08 Å². The summed E-state index contributed by atoms with van der Waals surface area (Å²) in [4.78, 5) is 56.4. The second-order valence-electron chi connectivity index (χ2n) is 11.9. The van der Waals surface area contributed by atoms with E-state index < -0.39 is 6.04 Å². The molecule has 0 aromatic heterocycles. The first-order valence-electron chi connectivity index (χ1n) is 15.1. The van der Waals surface area contributed by atoms with E-state index in [1.807, 2.05) is 53.5 Å². The Kier molecular flexibility index (Phi) is 7.15. The molecule has 7 rings (SSSR count). The number of para-hydroxylation sites is 1. The second-order valence-corrected chi connectivity index (χ2v) is 11.9. The zero-order valence-electron chi connectivity index (χ0n) is 24.0. The van der Waals surface area contributed by atoms with E-state index in [0.717, 1.165) is 60.4 Å². The molecule has 4 aliphatic heterocycles. The summed E-state index contributed by atoms with van der Waals surface area (Å²) in [7, 11) is 0. The number of hydrogen-bond acceptors (Lipinski definition) is 5. The number of nitrogens with zero attached hydrogens (tertiary/aromatic N) is 3. The van der Waals surface area contributed by atoms with E-state index in [4.69, 9.17) is 0 Å². The topological polar surface area (TPSA) is 90.0 Å². The van der Waals surface area contributed by atoms with Gasteiger partial charge in [0.05, 0.1) is 0 Å². The van der Waals surface area contributed by atoms with Gasteiger partial charge < -0.3 is 9.80 Å². The largest absolute Gasteiger partial charge is 0.322 e. The molecule has 3 aromatic carbocycles. The van der Waals surface area contributed by atoms with Crippen molar-refractivity contribution in [2.24, 2.45) is 0 Å². The average molecular weight is 575 g/mol. The molecule has 0 radical (unpaired) electrons. The molecular weight excluding hydrogens is 540 g/mol. The zero-order chi connectivity index (χ0) is 29.5. The molecule has 218 valence electrons. The molecule has 4 aliphatic rings. The molecule has 8 heteroatoms. The van der Waals surface area contributed by atoms with Crippen molar-refractivity contribution < 1.29 is 19.2 Å². The molecule has 3 aromatic rings. The van der Waals surface area contributed by atoms with Gasteiger partial charge in [-0.15, -0.1) is 0 Å². The van der Waals surface area contributed by atoms with Crippen molar-refractivity contribution in [2.75, 3.05) is 24.5 Å². The second kappa shape index (κ2) is 11.3. The normalized spacial score (nSPS) is 21.1. The summed E-state index contributed by atoms with van der Waals surface area (Å²) in [5.41, 5.74) is 6.59. The van der Waals surface area contributed by atoms with Crippen molar-refractivity contribution in [1.29, 1.82) is 0 Å². The molecular formula is C35H34N4O4. The van der Waals surface area contributed by atoms with Gasteiger partial charge in [-0.25, -0.2) is 0 Å². The molecule has 43 heavy (non-hydrogen) atoms. The maximum absolute atomic E-state index is 13.5. The third kappa shape index (κ3) is 5.27. The maximum atomic E-state index is 13.5. The number of piperidine rings is 2. The molecule has 8 nitrogen and oxygen atoms in total. The Morgan fingerprint density at radius 3 is 2.42 bits per heavy atom. The third-order valence-corrected chi connectivity index (χ3v) is 9.26. The lowest BCUT2D eigenvalue weighted by molar-refractivity contribution is -0.136.